The Kier molecular flexibility index (Phi) is 10.5. The minimum Gasteiger partial charge on any atom is -0.381 e. The Morgan fingerprint density at radius 1 is 1.00 bits per heavy atom. The molecule has 0 aromatic heterocycles. The summed E-state index contributed by atoms with van der Waals surface area (Å²) in [6.45, 7) is 8.73. The van der Waals surface area contributed by atoms with Gasteiger partial charge in [0, 0.05) is 50.8 Å². The molecule has 0 aliphatic carbocycles. The van der Waals surface area contributed by atoms with Crippen LogP contribution in [0.4, 0.5) is 0 Å². The normalized spacial score (nSPS) is 19.5. The molecular formula is C27H39IN4O. The molecule has 2 fully saturated rings. The lowest BCUT2D eigenvalue weighted by molar-refractivity contribution is 0.0531. The second-order valence-corrected chi connectivity index (χ2v) is 9.13. The van der Waals surface area contributed by atoms with Gasteiger partial charge in [-0.3, -0.25) is 9.89 Å². The van der Waals surface area contributed by atoms with Crippen molar-refractivity contribution in [2.24, 2.45) is 4.99 Å². The highest BCUT2D eigenvalue weighted by Crippen LogP contribution is 2.35. The zero-order chi connectivity index (χ0) is 22.1. The number of hydrogen-bond donors (Lipinski definition) is 2. The number of piperidine rings is 1. The van der Waals surface area contributed by atoms with Gasteiger partial charge in [0.15, 0.2) is 5.96 Å². The number of aliphatic imine (C=N–C) groups is 1. The monoisotopic (exact) mass is 562 g/mol. The Hall–Kier alpha value is -1.64. The van der Waals surface area contributed by atoms with Crippen LogP contribution in [0.2, 0.25) is 0 Å². The maximum Gasteiger partial charge on any atom is 0.191 e. The van der Waals surface area contributed by atoms with Crippen molar-refractivity contribution < 1.29 is 4.74 Å². The van der Waals surface area contributed by atoms with Crippen LogP contribution < -0.4 is 10.6 Å². The fourth-order valence-corrected chi connectivity index (χ4v) is 4.91. The van der Waals surface area contributed by atoms with Crippen LogP contribution >= 0.6 is 24.0 Å². The zero-order valence-electron chi connectivity index (χ0n) is 19.8. The molecule has 0 amide bonds. The molecule has 2 aromatic rings. The summed E-state index contributed by atoms with van der Waals surface area (Å²) >= 11 is 0. The van der Waals surface area contributed by atoms with Crippen LogP contribution in [0.25, 0.3) is 0 Å². The summed E-state index contributed by atoms with van der Waals surface area (Å²) in [5, 5.41) is 7.21. The van der Waals surface area contributed by atoms with E-state index in [-0.39, 0.29) is 29.4 Å². The van der Waals surface area contributed by atoms with E-state index in [0.29, 0.717) is 6.04 Å². The van der Waals surface area contributed by atoms with E-state index in [1.165, 1.54) is 11.1 Å². The summed E-state index contributed by atoms with van der Waals surface area (Å²) in [4.78, 5) is 7.65. The average molecular weight is 563 g/mol. The van der Waals surface area contributed by atoms with E-state index < -0.39 is 0 Å². The highest BCUT2D eigenvalue weighted by atomic mass is 127. The van der Waals surface area contributed by atoms with Crippen LogP contribution in [0.15, 0.2) is 65.7 Å². The van der Waals surface area contributed by atoms with E-state index in [4.69, 9.17) is 9.73 Å². The third kappa shape index (κ3) is 7.42. The van der Waals surface area contributed by atoms with Crippen molar-refractivity contribution in [1.82, 2.24) is 15.5 Å². The highest BCUT2D eigenvalue weighted by molar-refractivity contribution is 14.0. The van der Waals surface area contributed by atoms with Crippen LogP contribution in [-0.4, -0.2) is 56.3 Å². The second-order valence-electron chi connectivity index (χ2n) is 9.13. The molecule has 2 saturated heterocycles. The van der Waals surface area contributed by atoms with E-state index in [2.05, 4.69) is 83.1 Å². The van der Waals surface area contributed by atoms with E-state index in [1.807, 2.05) is 0 Å². The first-order valence-corrected chi connectivity index (χ1v) is 12.2. The first-order chi connectivity index (χ1) is 15.8. The van der Waals surface area contributed by atoms with Crippen molar-refractivity contribution in [3.63, 3.8) is 0 Å². The maximum absolute atomic E-state index is 5.69. The third-order valence-corrected chi connectivity index (χ3v) is 6.90. The number of rotatable bonds is 7. The lowest BCUT2D eigenvalue weighted by Crippen LogP contribution is -2.49. The molecule has 33 heavy (non-hydrogen) atoms. The molecule has 0 radical (unpaired) electrons. The third-order valence-electron chi connectivity index (χ3n) is 6.90. The minimum absolute atomic E-state index is 0. The first-order valence-electron chi connectivity index (χ1n) is 12.2. The van der Waals surface area contributed by atoms with E-state index in [9.17, 15) is 0 Å². The number of guanidine groups is 1. The van der Waals surface area contributed by atoms with Crippen molar-refractivity contribution in [2.75, 3.05) is 39.4 Å². The lowest BCUT2D eigenvalue weighted by Gasteiger charge is -2.37. The number of ether oxygens (including phenoxy) is 1. The average Bonchev–Trinajstić information content (AvgIpc) is 2.86. The molecule has 6 heteroatoms. The Labute approximate surface area is 216 Å². The van der Waals surface area contributed by atoms with Crippen molar-refractivity contribution in [1.29, 1.82) is 0 Å². The number of hydrogen-bond acceptors (Lipinski definition) is 3. The highest BCUT2D eigenvalue weighted by Gasteiger charge is 2.34. The summed E-state index contributed by atoms with van der Waals surface area (Å²) < 4.78 is 5.69. The van der Waals surface area contributed by atoms with Gasteiger partial charge in [-0.05, 0) is 43.7 Å². The molecule has 5 nitrogen and oxygen atoms in total. The molecule has 2 aliphatic heterocycles. The van der Waals surface area contributed by atoms with Crippen molar-refractivity contribution in [3.8, 4) is 0 Å². The number of benzene rings is 2. The molecule has 4 rings (SSSR count). The van der Waals surface area contributed by atoms with Gasteiger partial charge in [-0.2, -0.15) is 0 Å². The van der Waals surface area contributed by atoms with Gasteiger partial charge >= 0.3 is 0 Å². The Balaban J connectivity index is 0.00000306. The molecule has 180 valence electrons. The second kappa shape index (κ2) is 13.3. The number of likely N-dealkylation sites (tertiary alicyclic amines) is 1. The Morgan fingerprint density at radius 3 is 2.27 bits per heavy atom. The smallest absolute Gasteiger partial charge is 0.191 e. The van der Waals surface area contributed by atoms with Crippen molar-refractivity contribution in [3.05, 3.63) is 71.8 Å². The Morgan fingerprint density at radius 2 is 1.64 bits per heavy atom. The maximum atomic E-state index is 5.69. The lowest BCUT2D eigenvalue weighted by atomic mass is 9.74. The van der Waals surface area contributed by atoms with Crippen LogP contribution in [0.5, 0.6) is 0 Å². The molecule has 0 spiro atoms. The number of nitrogens with one attached hydrogen (secondary N) is 2. The molecule has 2 aromatic carbocycles. The van der Waals surface area contributed by atoms with Gasteiger partial charge < -0.3 is 15.4 Å². The van der Waals surface area contributed by atoms with Crippen molar-refractivity contribution >= 4 is 29.9 Å². The topological polar surface area (TPSA) is 48.9 Å². The van der Waals surface area contributed by atoms with Crippen molar-refractivity contribution in [2.45, 2.75) is 50.6 Å². The molecular weight excluding hydrogens is 523 g/mol. The SMILES string of the molecule is CCNC(=NCC1(c2ccccc2)CCOCC1)NC1CCN(Cc2ccccc2)CC1.I. The van der Waals surface area contributed by atoms with Gasteiger partial charge in [-0.25, -0.2) is 0 Å². The predicted molar refractivity (Wildman–Crippen MR) is 147 cm³/mol. The largest absolute Gasteiger partial charge is 0.381 e. The van der Waals surface area contributed by atoms with Gasteiger partial charge in [0.05, 0.1) is 6.54 Å². The van der Waals surface area contributed by atoms with Gasteiger partial charge in [0.1, 0.15) is 0 Å². The van der Waals surface area contributed by atoms with Crippen LogP contribution in [-0.2, 0) is 16.7 Å². The molecule has 0 saturated carbocycles. The van der Waals surface area contributed by atoms with Crippen LogP contribution in [0, 0.1) is 0 Å². The predicted octanol–water partition coefficient (Wildman–Crippen LogP) is 4.57. The van der Waals surface area contributed by atoms with E-state index in [0.717, 1.165) is 77.6 Å². The summed E-state index contributed by atoms with van der Waals surface area (Å²) in [6.07, 6.45) is 4.35. The van der Waals surface area contributed by atoms with Crippen LogP contribution in [0.3, 0.4) is 0 Å². The van der Waals surface area contributed by atoms with E-state index >= 15 is 0 Å². The fourth-order valence-electron chi connectivity index (χ4n) is 4.91. The quantitative estimate of drug-likeness (QED) is 0.295. The summed E-state index contributed by atoms with van der Waals surface area (Å²) in [6, 6.07) is 22.1. The van der Waals surface area contributed by atoms with Gasteiger partial charge in [-0.1, -0.05) is 60.7 Å². The van der Waals surface area contributed by atoms with Gasteiger partial charge in [-0.15, -0.1) is 24.0 Å². The molecule has 0 atom stereocenters. The minimum atomic E-state index is 0. The molecule has 2 heterocycles. The summed E-state index contributed by atoms with van der Waals surface area (Å²) in [5.74, 6) is 0.954. The molecule has 2 aliphatic rings. The first kappa shape index (κ1) is 26.0. The van der Waals surface area contributed by atoms with E-state index in [1.54, 1.807) is 0 Å². The molecule has 0 bridgehead atoms. The van der Waals surface area contributed by atoms with Gasteiger partial charge in [0.2, 0.25) is 0 Å². The van der Waals surface area contributed by atoms with Gasteiger partial charge in [0.25, 0.3) is 0 Å². The molecule has 2 N–H and O–H groups in total. The Bertz CT molecular complexity index is 832. The number of halogens is 1. The summed E-state index contributed by atoms with van der Waals surface area (Å²) in [7, 11) is 0. The summed E-state index contributed by atoms with van der Waals surface area (Å²) in [5.41, 5.74) is 2.86. The van der Waals surface area contributed by atoms with Crippen LogP contribution in [0.1, 0.15) is 43.7 Å². The number of nitrogens with zero attached hydrogens (tertiary/aromatic N) is 2. The molecule has 0 unspecified atom stereocenters. The zero-order valence-corrected chi connectivity index (χ0v) is 22.2. The standard InChI is InChI=1S/C27H38N4O.HI/c1-2-28-26(29-22-27(15-19-32-20-16-27)24-11-7-4-8-12-24)30-25-13-17-31(18-14-25)21-23-9-5-3-6-10-23;/h3-12,25H,2,13-22H2,1H3,(H2,28,29,30);1H. The fraction of sp³-hybridized carbons (Fsp3) is 0.519.